The summed E-state index contributed by atoms with van der Waals surface area (Å²) in [5, 5.41) is 2.92. The van der Waals surface area contributed by atoms with Gasteiger partial charge < -0.3 is 19.7 Å². The van der Waals surface area contributed by atoms with Gasteiger partial charge >= 0.3 is 0 Å². The third-order valence-electron chi connectivity index (χ3n) is 4.20. The molecule has 2 amide bonds. The van der Waals surface area contributed by atoms with Crippen LogP contribution >= 0.6 is 0 Å². The maximum absolute atomic E-state index is 12.5. The van der Waals surface area contributed by atoms with Crippen LogP contribution in [-0.2, 0) is 4.79 Å². The quantitative estimate of drug-likeness (QED) is 0.906. The molecular weight excluding hydrogens is 320 g/mol. The van der Waals surface area contributed by atoms with Crippen molar-refractivity contribution in [1.82, 2.24) is 5.32 Å². The highest BCUT2D eigenvalue weighted by Crippen LogP contribution is 2.25. The van der Waals surface area contributed by atoms with Gasteiger partial charge in [0.05, 0.1) is 25.8 Å². The number of nitrogens with zero attached hydrogens (tertiary/aromatic N) is 1. The van der Waals surface area contributed by atoms with E-state index in [0.717, 1.165) is 11.4 Å². The highest BCUT2D eigenvalue weighted by atomic mass is 16.5. The molecule has 1 fully saturated rings. The number of hydrogen-bond donors (Lipinski definition) is 1. The summed E-state index contributed by atoms with van der Waals surface area (Å²) in [6.45, 7) is 0.437. The van der Waals surface area contributed by atoms with Crippen LogP contribution < -0.4 is 19.7 Å². The molecule has 0 saturated carbocycles. The van der Waals surface area contributed by atoms with Gasteiger partial charge in [-0.05, 0) is 36.4 Å². The second-order valence-corrected chi connectivity index (χ2v) is 5.78. The standard InChI is InChI=1S/C19H20N2O4/c1-24-15-9-7-14(8-10-15)21-12-13(11-18(21)22)20-19(23)16-5-3-4-6-17(16)25-2/h3-10,13H,11-12H2,1-2H3,(H,20,23). The van der Waals surface area contributed by atoms with Crippen molar-refractivity contribution in [2.75, 3.05) is 25.7 Å². The summed E-state index contributed by atoms with van der Waals surface area (Å²) in [5.41, 5.74) is 1.25. The predicted molar refractivity (Wildman–Crippen MR) is 94.2 cm³/mol. The lowest BCUT2D eigenvalue weighted by atomic mass is 10.1. The molecule has 1 unspecified atom stereocenters. The molecule has 1 heterocycles. The minimum absolute atomic E-state index is 0.0181. The topological polar surface area (TPSA) is 67.9 Å². The van der Waals surface area contributed by atoms with Crippen molar-refractivity contribution in [1.29, 1.82) is 0 Å². The van der Waals surface area contributed by atoms with Crippen LogP contribution in [0.25, 0.3) is 0 Å². The number of methoxy groups -OCH3 is 2. The molecule has 1 aliphatic heterocycles. The Morgan fingerprint density at radius 1 is 1.08 bits per heavy atom. The van der Waals surface area contributed by atoms with Gasteiger partial charge in [-0.2, -0.15) is 0 Å². The fourth-order valence-electron chi connectivity index (χ4n) is 2.91. The van der Waals surface area contributed by atoms with E-state index in [0.29, 0.717) is 17.9 Å². The molecule has 6 nitrogen and oxygen atoms in total. The summed E-state index contributed by atoms with van der Waals surface area (Å²) in [6.07, 6.45) is 0.271. The number of amides is 2. The number of hydrogen-bond acceptors (Lipinski definition) is 4. The molecule has 0 spiro atoms. The second kappa shape index (κ2) is 7.25. The molecule has 1 aliphatic rings. The average molecular weight is 340 g/mol. The first-order valence-electron chi connectivity index (χ1n) is 8.00. The molecule has 1 atom stereocenters. The van der Waals surface area contributed by atoms with E-state index in [9.17, 15) is 9.59 Å². The van der Waals surface area contributed by atoms with E-state index in [2.05, 4.69) is 5.32 Å². The minimum atomic E-state index is -0.244. The molecule has 2 aromatic rings. The lowest BCUT2D eigenvalue weighted by molar-refractivity contribution is -0.117. The Hall–Kier alpha value is -3.02. The third-order valence-corrected chi connectivity index (χ3v) is 4.20. The monoisotopic (exact) mass is 340 g/mol. The number of carbonyl (C=O) groups is 2. The molecule has 0 bridgehead atoms. The Balaban J connectivity index is 1.69. The van der Waals surface area contributed by atoms with E-state index >= 15 is 0 Å². The van der Waals surface area contributed by atoms with E-state index in [1.165, 1.54) is 7.11 Å². The number of rotatable bonds is 5. The molecular formula is C19H20N2O4. The largest absolute Gasteiger partial charge is 0.497 e. The molecule has 1 N–H and O–H groups in total. The van der Waals surface area contributed by atoms with Crippen molar-refractivity contribution in [2.45, 2.75) is 12.5 Å². The highest BCUT2D eigenvalue weighted by Gasteiger charge is 2.32. The first-order valence-corrected chi connectivity index (χ1v) is 8.00. The minimum Gasteiger partial charge on any atom is -0.497 e. The Morgan fingerprint density at radius 2 is 1.80 bits per heavy atom. The number of para-hydroxylation sites is 1. The molecule has 2 aromatic carbocycles. The van der Waals surface area contributed by atoms with Crippen LogP contribution in [0.1, 0.15) is 16.8 Å². The van der Waals surface area contributed by atoms with Crippen molar-refractivity contribution in [2.24, 2.45) is 0 Å². The van der Waals surface area contributed by atoms with Crippen LogP contribution in [-0.4, -0.2) is 38.6 Å². The summed E-state index contributed by atoms with van der Waals surface area (Å²) in [6, 6.07) is 14.1. The van der Waals surface area contributed by atoms with Gasteiger partial charge in [0.2, 0.25) is 5.91 Å². The molecule has 3 rings (SSSR count). The summed E-state index contributed by atoms with van der Waals surface area (Å²) in [4.78, 5) is 26.4. The average Bonchev–Trinajstić information content (AvgIpc) is 3.01. The Morgan fingerprint density at radius 3 is 2.48 bits per heavy atom. The van der Waals surface area contributed by atoms with Crippen molar-refractivity contribution in [3.63, 3.8) is 0 Å². The van der Waals surface area contributed by atoms with Gasteiger partial charge in [0.15, 0.2) is 0 Å². The SMILES string of the molecule is COc1ccc(N2CC(NC(=O)c3ccccc3OC)CC2=O)cc1. The van der Waals surface area contributed by atoms with E-state index < -0.39 is 0 Å². The van der Waals surface area contributed by atoms with E-state index in [1.54, 1.807) is 36.3 Å². The van der Waals surface area contributed by atoms with Crippen molar-refractivity contribution in [3.05, 3.63) is 54.1 Å². The number of anilines is 1. The summed E-state index contributed by atoms with van der Waals surface area (Å²) < 4.78 is 10.3. The van der Waals surface area contributed by atoms with Gasteiger partial charge in [-0.3, -0.25) is 9.59 Å². The van der Waals surface area contributed by atoms with E-state index in [4.69, 9.17) is 9.47 Å². The molecule has 1 saturated heterocycles. The maximum atomic E-state index is 12.5. The smallest absolute Gasteiger partial charge is 0.255 e. The first kappa shape index (κ1) is 16.8. The Bertz CT molecular complexity index is 773. The zero-order chi connectivity index (χ0) is 17.8. The van der Waals surface area contributed by atoms with Crippen LogP contribution in [0.3, 0.4) is 0 Å². The Kier molecular flexibility index (Phi) is 4.88. The molecule has 0 radical (unpaired) electrons. The molecule has 130 valence electrons. The van der Waals surface area contributed by atoms with Gasteiger partial charge in [-0.25, -0.2) is 0 Å². The Labute approximate surface area is 146 Å². The van der Waals surface area contributed by atoms with Gasteiger partial charge in [-0.1, -0.05) is 12.1 Å². The fourth-order valence-corrected chi connectivity index (χ4v) is 2.91. The number of nitrogens with one attached hydrogen (secondary N) is 1. The zero-order valence-corrected chi connectivity index (χ0v) is 14.2. The number of ether oxygens (including phenoxy) is 2. The van der Waals surface area contributed by atoms with Crippen LogP contribution in [0, 0.1) is 0 Å². The summed E-state index contributed by atoms with van der Waals surface area (Å²) >= 11 is 0. The van der Waals surface area contributed by atoms with Crippen molar-refractivity contribution < 1.29 is 19.1 Å². The summed E-state index contributed by atoms with van der Waals surface area (Å²) in [7, 11) is 3.12. The van der Waals surface area contributed by atoms with Crippen molar-refractivity contribution in [3.8, 4) is 11.5 Å². The normalized spacial score (nSPS) is 16.6. The van der Waals surface area contributed by atoms with Crippen LogP contribution in [0.5, 0.6) is 11.5 Å². The van der Waals surface area contributed by atoms with Gasteiger partial charge in [-0.15, -0.1) is 0 Å². The van der Waals surface area contributed by atoms with Gasteiger partial charge in [0, 0.05) is 18.7 Å². The lowest BCUT2D eigenvalue weighted by Crippen LogP contribution is -2.37. The molecule has 0 aromatic heterocycles. The van der Waals surface area contributed by atoms with Crippen LogP contribution in [0.2, 0.25) is 0 Å². The lowest BCUT2D eigenvalue weighted by Gasteiger charge is -2.18. The maximum Gasteiger partial charge on any atom is 0.255 e. The highest BCUT2D eigenvalue weighted by molar-refractivity contribution is 6.00. The van der Waals surface area contributed by atoms with Crippen molar-refractivity contribution >= 4 is 17.5 Å². The van der Waals surface area contributed by atoms with E-state index in [-0.39, 0.29) is 24.3 Å². The van der Waals surface area contributed by atoms with Crippen LogP contribution in [0.4, 0.5) is 5.69 Å². The predicted octanol–water partition coefficient (Wildman–Crippen LogP) is 2.24. The van der Waals surface area contributed by atoms with E-state index in [1.807, 2.05) is 24.3 Å². The molecule has 0 aliphatic carbocycles. The number of carbonyl (C=O) groups excluding carboxylic acids is 2. The van der Waals surface area contributed by atoms with Gasteiger partial charge in [0.25, 0.3) is 5.91 Å². The fraction of sp³-hybridized carbons (Fsp3) is 0.263. The second-order valence-electron chi connectivity index (χ2n) is 5.78. The molecule has 25 heavy (non-hydrogen) atoms. The zero-order valence-electron chi connectivity index (χ0n) is 14.2. The number of benzene rings is 2. The first-order chi connectivity index (χ1) is 12.1. The van der Waals surface area contributed by atoms with Crippen LogP contribution in [0.15, 0.2) is 48.5 Å². The summed E-state index contributed by atoms with van der Waals surface area (Å²) in [5.74, 6) is 0.982. The molecule has 6 heteroatoms. The third kappa shape index (κ3) is 3.57. The van der Waals surface area contributed by atoms with Gasteiger partial charge in [0.1, 0.15) is 11.5 Å².